The zero-order valence-electron chi connectivity index (χ0n) is 20.6. The number of nitrogens with zero attached hydrogens (tertiary/aromatic N) is 3. The fourth-order valence-electron chi connectivity index (χ4n) is 3.85. The second kappa shape index (κ2) is 11.9. The van der Waals surface area contributed by atoms with E-state index in [1.165, 1.54) is 12.1 Å². The predicted octanol–water partition coefficient (Wildman–Crippen LogP) is 3.07. The molecule has 0 fully saturated rings. The molecule has 2 amide bonds. The van der Waals surface area contributed by atoms with Crippen molar-refractivity contribution < 1.29 is 19.1 Å². The summed E-state index contributed by atoms with van der Waals surface area (Å²) in [4.78, 5) is 27.3. The van der Waals surface area contributed by atoms with E-state index in [9.17, 15) is 19.1 Å². The molecular weight excluding hydrogens is 449 g/mol. The molecule has 0 aliphatic carbocycles. The van der Waals surface area contributed by atoms with Gasteiger partial charge in [-0.2, -0.15) is 10.2 Å². The summed E-state index contributed by atoms with van der Waals surface area (Å²) in [5, 5.41) is 23.4. The molecule has 0 bridgehead atoms. The fraction of sp³-hybridized carbons (Fsp3) is 0.462. The SMILES string of the molecule is CCCC/C=N/N=C/C1=CC=CC(NC(=O)c2cc3c(cc2F)CCN(C(=O)C(C)(C)CO)C3)N1. The molecule has 8 nitrogen and oxygen atoms in total. The van der Waals surface area contributed by atoms with Crippen LogP contribution in [0.3, 0.4) is 0 Å². The normalized spacial score (nSPS) is 17.9. The van der Waals surface area contributed by atoms with Crippen molar-refractivity contribution >= 4 is 24.2 Å². The number of amides is 2. The molecule has 3 rings (SSSR count). The molecular formula is C26H34FN5O3. The number of unbranched alkanes of at least 4 members (excludes halogenated alkanes) is 2. The first-order chi connectivity index (χ1) is 16.7. The van der Waals surface area contributed by atoms with Crippen molar-refractivity contribution in [3.05, 3.63) is 58.6 Å². The lowest BCUT2D eigenvalue weighted by molar-refractivity contribution is -0.143. The lowest BCUT2D eigenvalue weighted by atomic mass is 9.90. The molecule has 188 valence electrons. The Balaban J connectivity index is 1.64. The van der Waals surface area contributed by atoms with Gasteiger partial charge in [-0.05, 0) is 68.5 Å². The van der Waals surface area contributed by atoms with Gasteiger partial charge in [0, 0.05) is 19.3 Å². The smallest absolute Gasteiger partial charge is 0.256 e. The third-order valence-corrected chi connectivity index (χ3v) is 6.03. The van der Waals surface area contributed by atoms with Crippen molar-refractivity contribution in [2.75, 3.05) is 13.2 Å². The molecule has 3 N–H and O–H groups in total. The maximum absolute atomic E-state index is 14.8. The molecule has 0 aromatic heterocycles. The van der Waals surface area contributed by atoms with Gasteiger partial charge in [-0.25, -0.2) is 4.39 Å². The molecule has 0 radical (unpaired) electrons. The van der Waals surface area contributed by atoms with E-state index in [4.69, 9.17) is 0 Å². The molecule has 1 atom stereocenters. The zero-order chi connectivity index (χ0) is 25.4. The molecule has 0 spiro atoms. The Labute approximate surface area is 205 Å². The third kappa shape index (κ3) is 6.85. The Bertz CT molecular complexity index is 1060. The Morgan fingerprint density at radius 3 is 2.86 bits per heavy atom. The van der Waals surface area contributed by atoms with E-state index in [0.29, 0.717) is 18.7 Å². The van der Waals surface area contributed by atoms with Crippen molar-refractivity contribution in [3.8, 4) is 0 Å². The number of carbonyl (C=O) groups is 2. The average Bonchev–Trinajstić information content (AvgIpc) is 2.85. The van der Waals surface area contributed by atoms with Gasteiger partial charge in [0.05, 0.1) is 29.5 Å². The molecule has 35 heavy (non-hydrogen) atoms. The number of nitrogens with one attached hydrogen (secondary N) is 2. The molecule has 1 aromatic carbocycles. The van der Waals surface area contributed by atoms with Gasteiger partial charge in [-0.3, -0.25) is 9.59 Å². The number of benzene rings is 1. The van der Waals surface area contributed by atoms with E-state index in [0.717, 1.165) is 30.4 Å². The predicted molar refractivity (Wildman–Crippen MR) is 135 cm³/mol. The minimum Gasteiger partial charge on any atom is -0.395 e. The van der Waals surface area contributed by atoms with Crippen LogP contribution in [-0.2, 0) is 17.8 Å². The maximum Gasteiger partial charge on any atom is 0.256 e. The average molecular weight is 484 g/mol. The number of carbonyl (C=O) groups excluding carboxylic acids is 2. The largest absolute Gasteiger partial charge is 0.395 e. The van der Waals surface area contributed by atoms with Crippen LogP contribution in [0.1, 0.15) is 61.5 Å². The maximum atomic E-state index is 14.8. The van der Waals surface area contributed by atoms with Crippen LogP contribution in [0, 0.1) is 11.2 Å². The summed E-state index contributed by atoms with van der Waals surface area (Å²) in [5.41, 5.74) is 1.19. The molecule has 2 aliphatic heterocycles. The number of fused-ring (bicyclic) bond motifs is 1. The number of halogens is 1. The zero-order valence-corrected chi connectivity index (χ0v) is 20.6. The first-order valence-corrected chi connectivity index (χ1v) is 12.0. The standard InChI is InChI=1S/C26H34FN5O3/c1-4-5-6-11-28-29-15-20-8-7-9-23(30-20)31-24(34)21-13-19-16-32(25(35)26(2,3)17-33)12-10-18(19)14-22(21)27/h7-9,11,13-15,23,30,33H,4-6,10,12,16-17H2,1-3H3,(H,31,34)/b28-11+,29-15+. The van der Waals surface area contributed by atoms with Crippen LogP contribution in [0.25, 0.3) is 0 Å². The van der Waals surface area contributed by atoms with Crippen molar-refractivity contribution in [2.24, 2.45) is 15.6 Å². The van der Waals surface area contributed by atoms with Crippen LogP contribution in [0.4, 0.5) is 4.39 Å². The fourth-order valence-corrected chi connectivity index (χ4v) is 3.85. The van der Waals surface area contributed by atoms with Gasteiger partial charge >= 0.3 is 0 Å². The summed E-state index contributed by atoms with van der Waals surface area (Å²) >= 11 is 0. The quantitative estimate of drug-likeness (QED) is 0.285. The monoisotopic (exact) mass is 483 g/mol. The second-order valence-corrected chi connectivity index (χ2v) is 9.41. The van der Waals surface area contributed by atoms with Crippen LogP contribution < -0.4 is 10.6 Å². The minimum atomic E-state index is -0.897. The van der Waals surface area contributed by atoms with Crippen LogP contribution in [0.2, 0.25) is 0 Å². The Kier molecular flexibility index (Phi) is 8.92. The van der Waals surface area contributed by atoms with Crippen LogP contribution >= 0.6 is 0 Å². The second-order valence-electron chi connectivity index (χ2n) is 9.41. The number of rotatable bonds is 9. The molecule has 9 heteroatoms. The summed E-state index contributed by atoms with van der Waals surface area (Å²) in [5.74, 6) is -1.34. The van der Waals surface area contributed by atoms with Crippen molar-refractivity contribution in [2.45, 2.75) is 59.2 Å². The number of aliphatic hydroxyl groups excluding tert-OH is 1. The van der Waals surface area contributed by atoms with Gasteiger partial charge in [0.25, 0.3) is 5.91 Å². The lowest BCUT2D eigenvalue weighted by Crippen LogP contribution is -2.46. The van der Waals surface area contributed by atoms with Gasteiger partial charge in [-0.1, -0.05) is 19.4 Å². The van der Waals surface area contributed by atoms with E-state index < -0.39 is 23.3 Å². The highest BCUT2D eigenvalue weighted by Crippen LogP contribution is 2.27. The van der Waals surface area contributed by atoms with E-state index in [1.54, 1.807) is 49.4 Å². The van der Waals surface area contributed by atoms with E-state index >= 15 is 0 Å². The molecule has 1 unspecified atom stereocenters. The third-order valence-electron chi connectivity index (χ3n) is 6.03. The summed E-state index contributed by atoms with van der Waals surface area (Å²) < 4.78 is 14.8. The minimum absolute atomic E-state index is 0.0834. The summed E-state index contributed by atoms with van der Waals surface area (Å²) in [6, 6.07) is 2.89. The highest BCUT2D eigenvalue weighted by molar-refractivity contribution is 5.95. The van der Waals surface area contributed by atoms with Crippen LogP contribution in [0.5, 0.6) is 0 Å². The van der Waals surface area contributed by atoms with Crippen molar-refractivity contribution in [3.63, 3.8) is 0 Å². The summed E-state index contributed by atoms with van der Waals surface area (Å²) in [6.07, 6.45) is 11.6. The van der Waals surface area contributed by atoms with Crippen LogP contribution in [0.15, 0.2) is 46.3 Å². The first kappa shape index (κ1) is 26.3. The number of dihydropyridines is 1. The Morgan fingerprint density at radius 1 is 1.31 bits per heavy atom. The molecule has 1 aromatic rings. The van der Waals surface area contributed by atoms with Gasteiger partial charge < -0.3 is 20.6 Å². The molecule has 0 saturated heterocycles. The molecule has 0 saturated carbocycles. The van der Waals surface area contributed by atoms with Crippen molar-refractivity contribution in [1.29, 1.82) is 0 Å². The number of hydrogen-bond acceptors (Lipinski definition) is 6. The van der Waals surface area contributed by atoms with E-state index in [2.05, 4.69) is 27.8 Å². The number of allylic oxidation sites excluding steroid dienone is 3. The van der Waals surface area contributed by atoms with E-state index in [-0.39, 0.29) is 24.6 Å². The van der Waals surface area contributed by atoms with Gasteiger partial charge in [-0.15, -0.1) is 0 Å². The number of aliphatic hydroxyl groups is 1. The van der Waals surface area contributed by atoms with E-state index in [1.807, 2.05) is 0 Å². The van der Waals surface area contributed by atoms with Crippen molar-refractivity contribution in [1.82, 2.24) is 15.5 Å². The summed E-state index contributed by atoms with van der Waals surface area (Å²) in [6.45, 7) is 5.93. The molecule has 2 aliphatic rings. The Hall–Kier alpha value is -3.33. The van der Waals surface area contributed by atoms with Gasteiger partial charge in [0.1, 0.15) is 12.0 Å². The highest BCUT2D eigenvalue weighted by Gasteiger charge is 2.33. The topological polar surface area (TPSA) is 106 Å². The first-order valence-electron chi connectivity index (χ1n) is 12.0. The highest BCUT2D eigenvalue weighted by atomic mass is 19.1. The van der Waals surface area contributed by atoms with Crippen LogP contribution in [-0.4, -0.2) is 53.6 Å². The van der Waals surface area contributed by atoms with Gasteiger partial charge in [0.15, 0.2) is 0 Å². The summed E-state index contributed by atoms with van der Waals surface area (Å²) in [7, 11) is 0. The Morgan fingerprint density at radius 2 is 2.11 bits per heavy atom. The lowest BCUT2D eigenvalue weighted by Gasteiger charge is -2.34. The number of hydrogen-bond donors (Lipinski definition) is 3. The molecule has 2 heterocycles. The van der Waals surface area contributed by atoms with Gasteiger partial charge in [0.2, 0.25) is 5.91 Å².